The van der Waals surface area contributed by atoms with Gasteiger partial charge in [-0.05, 0) is 37.6 Å². The molecule has 0 saturated heterocycles. The predicted octanol–water partition coefficient (Wildman–Crippen LogP) is 3.67. The van der Waals surface area contributed by atoms with Crippen molar-refractivity contribution in [1.82, 2.24) is 9.88 Å². The summed E-state index contributed by atoms with van der Waals surface area (Å²) in [4.78, 5) is 17.9. The highest BCUT2D eigenvalue weighted by atomic mass is 16.2. The Morgan fingerprint density at radius 2 is 2.00 bits per heavy atom. The average Bonchev–Trinajstić information content (AvgIpc) is 2.52. The Hall–Kier alpha value is -2.42. The number of amides is 1. The maximum absolute atomic E-state index is 11.8. The maximum Gasteiger partial charge on any atom is 0.246 e. The first-order valence-corrected chi connectivity index (χ1v) is 7.23. The molecule has 0 aliphatic rings. The lowest BCUT2D eigenvalue weighted by Crippen LogP contribution is -2.28. The van der Waals surface area contributed by atoms with Gasteiger partial charge in [-0.2, -0.15) is 0 Å². The van der Waals surface area contributed by atoms with Crippen LogP contribution in [0.1, 0.15) is 19.4 Å². The summed E-state index contributed by atoms with van der Waals surface area (Å²) in [6, 6.07) is 10.1. The molecular formula is C18H20N2O. The Kier molecular flexibility index (Phi) is 5.27. The number of carbonyl (C=O) groups excluding carboxylic acids is 1. The van der Waals surface area contributed by atoms with Crippen LogP contribution in [0.4, 0.5) is 0 Å². The van der Waals surface area contributed by atoms with Gasteiger partial charge in [-0.15, -0.1) is 0 Å². The second kappa shape index (κ2) is 7.39. The molecule has 1 amide bonds. The summed E-state index contributed by atoms with van der Waals surface area (Å²) in [6.07, 6.45) is 9.05. The molecule has 3 nitrogen and oxygen atoms in total. The molecule has 0 fully saturated rings. The predicted molar refractivity (Wildman–Crippen MR) is 87.8 cm³/mol. The van der Waals surface area contributed by atoms with E-state index in [1.54, 1.807) is 23.2 Å². The number of fused-ring (bicyclic) bond motifs is 1. The third-order valence-electron chi connectivity index (χ3n) is 3.34. The molecule has 0 unspecified atom stereocenters. The topological polar surface area (TPSA) is 33.2 Å². The number of pyridine rings is 1. The van der Waals surface area contributed by atoms with Crippen molar-refractivity contribution in [2.45, 2.75) is 13.8 Å². The van der Waals surface area contributed by atoms with E-state index in [4.69, 9.17) is 0 Å². The summed E-state index contributed by atoms with van der Waals surface area (Å²) in [5.74, 6) is 0.0485. The highest BCUT2D eigenvalue weighted by Gasteiger charge is 2.03. The van der Waals surface area contributed by atoms with E-state index < -0.39 is 0 Å². The van der Waals surface area contributed by atoms with Crippen molar-refractivity contribution in [2.75, 3.05) is 13.1 Å². The van der Waals surface area contributed by atoms with Gasteiger partial charge in [0.05, 0.1) is 5.52 Å². The summed E-state index contributed by atoms with van der Waals surface area (Å²) >= 11 is 0. The molecule has 0 spiro atoms. The largest absolute Gasteiger partial charge is 0.340 e. The number of likely N-dealkylation sites (N-methyl/N-ethyl adjacent to an activating group) is 1. The second-order valence-electron chi connectivity index (χ2n) is 4.68. The summed E-state index contributed by atoms with van der Waals surface area (Å²) in [6.45, 7) is 5.44. The molecule has 0 saturated carbocycles. The van der Waals surface area contributed by atoms with Crippen LogP contribution in [0, 0.1) is 0 Å². The number of nitrogens with zero attached hydrogens (tertiary/aromatic N) is 2. The van der Waals surface area contributed by atoms with Crippen LogP contribution in [-0.2, 0) is 4.79 Å². The van der Waals surface area contributed by atoms with Crippen molar-refractivity contribution in [1.29, 1.82) is 0 Å². The highest BCUT2D eigenvalue weighted by molar-refractivity contribution is 5.88. The molecular weight excluding hydrogens is 260 g/mol. The smallest absolute Gasteiger partial charge is 0.246 e. The van der Waals surface area contributed by atoms with Crippen LogP contribution in [0.2, 0.25) is 0 Å². The van der Waals surface area contributed by atoms with Gasteiger partial charge in [0.15, 0.2) is 0 Å². The van der Waals surface area contributed by atoms with E-state index in [1.807, 2.05) is 50.3 Å². The molecule has 0 bridgehead atoms. The van der Waals surface area contributed by atoms with E-state index in [2.05, 4.69) is 11.1 Å². The van der Waals surface area contributed by atoms with Crippen LogP contribution in [0.3, 0.4) is 0 Å². The van der Waals surface area contributed by atoms with Gasteiger partial charge in [-0.3, -0.25) is 9.78 Å². The number of hydrogen-bond donors (Lipinski definition) is 0. The standard InChI is InChI=1S/C18H20N2O/c1-3-20(4-2)18(21)10-6-5-8-15-11-12-17-16(14-15)9-7-13-19-17/h5-14H,3-4H2,1-2H3. The van der Waals surface area contributed by atoms with Crippen LogP contribution < -0.4 is 0 Å². The van der Waals surface area contributed by atoms with Gasteiger partial charge in [0.1, 0.15) is 0 Å². The molecule has 3 heteroatoms. The van der Waals surface area contributed by atoms with E-state index in [0.717, 1.165) is 29.6 Å². The Morgan fingerprint density at radius 3 is 2.76 bits per heavy atom. The van der Waals surface area contributed by atoms with Gasteiger partial charge >= 0.3 is 0 Å². The summed E-state index contributed by atoms with van der Waals surface area (Å²) in [5.41, 5.74) is 2.08. The van der Waals surface area contributed by atoms with Crippen LogP contribution in [0.5, 0.6) is 0 Å². The van der Waals surface area contributed by atoms with Crippen molar-refractivity contribution in [3.8, 4) is 0 Å². The van der Waals surface area contributed by atoms with Gasteiger partial charge < -0.3 is 4.90 Å². The summed E-state index contributed by atoms with van der Waals surface area (Å²) in [7, 11) is 0. The molecule has 1 aromatic heterocycles. The SMILES string of the molecule is CCN(CC)C(=O)C=CC=Cc1ccc2ncccc2c1. The van der Waals surface area contributed by atoms with E-state index in [9.17, 15) is 4.79 Å². The Morgan fingerprint density at radius 1 is 1.19 bits per heavy atom. The number of rotatable bonds is 5. The lowest BCUT2D eigenvalue weighted by Gasteiger charge is -2.15. The first kappa shape index (κ1) is 15.0. The lowest BCUT2D eigenvalue weighted by atomic mass is 10.1. The van der Waals surface area contributed by atoms with E-state index in [-0.39, 0.29) is 5.91 Å². The van der Waals surface area contributed by atoms with Gasteiger partial charge in [0, 0.05) is 30.7 Å². The van der Waals surface area contributed by atoms with Crippen LogP contribution in [0.15, 0.2) is 54.8 Å². The van der Waals surface area contributed by atoms with Gasteiger partial charge in [0.25, 0.3) is 0 Å². The van der Waals surface area contributed by atoms with Gasteiger partial charge in [-0.1, -0.05) is 30.4 Å². The van der Waals surface area contributed by atoms with Crippen molar-refractivity contribution in [3.63, 3.8) is 0 Å². The molecule has 2 aromatic rings. The van der Waals surface area contributed by atoms with Crippen molar-refractivity contribution in [3.05, 3.63) is 60.3 Å². The molecule has 0 N–H and O–H groups in total. The second-order valence-corrected chi connectivity index (χ2v) is 4.68. The maximum atomic E-state index is 11.8. The monoisotopic (exact) mass is 280 g/mol. The third kappa shape index (κ3) is 4.02. The lowest BCUT2D eigenvalue weighted by molar-refractivity contribution is -0.125. The van der Waals surface area contributed by atoms with E-state index in [0.29, 0.717) is 0 Å². The number of allylic oxidation sites excluding steroid dienone is 2. The zero-order valence-corrected chi connectivity index (χ0v) is 12.5. The average molecular weight is 280 g/mol. The fraction of sp³-hybridized carbons (Fsp3) is 0.222. The molecule has 0 aliphatic carbocycles. The van der Waals surface area contributed by atoms with Crippen LogP contribution in [0.25, 0.3) is 17.0 Å². The number of hydrogen-bond acceptors (Lipinski definition) is 2. The zero-order valence-electron chi connectivity index (χ0n) is 12.5. The highest BCUT2D eigenvalue weighted by Crippen LogP contribution is 2.14. The van der Waals surface area contributed by atoms with Crippen molar-refractivity contribution >= 4 is 22.9 Å². The third-order valence-corrected chi connectivity index (χ3v) is 3.34. The van der Waals surface area contributed by atoms with Crippen LogP contribution in [-0.4, -0.2) is 28.9 Å². The zero-order chi connectivity index (χ0) is 15.1. The molecule has 108 valence electrons. The first-order chi connectivity index (χ1) is 10.2. The fourth-order valence-corrected chi connectivity index (χ4v) is 2.14. The first-order valence-electron chi connectivity index (χ1n) is 7.23. The summed E-state index contributed by atoms with van der Waals surface area (Å²) < 4.78 is 0. The minimum atomic E-state index is 0.0485. The minimum Gasteiger partial charge on any atom is -0.340 e. The summed E-state index contributed by atoms with van der Waals surface area (Å²) in [5, 5.41) is 1.11. The molecule has 0 atom stereocenters. The molecule has 0 aliphatic heterocycles. The van der Waals surface area contributed by atoms with Crippen molar-refractivity contribution in [2.24, 2.45) is 0 Å². The molecule has 1 heterocycles. The van der Waals surface area contributed by atoms with Gasteiger partial charge in [-0.25, -0.2) is 0 Å². The van der Waals surface area contributed by atoms with Crippen LogP contribution >= 0.6 is 0 Å². The van der Waals surface area contributed by atoms with Gasteiger partial charge in [0.2, 0.25) is 5.91 Å². The van der Waals surface area contributed by atoms with Crippen molar-refractivity contribution < 1.29 is 4.79 Å². The fourth-order valence-electron chi connectivity index (χ4n) is 2.14. The number of carbonyl (C=O) groups is 1. The van der Waals surface area contributed by atoms with E-state index >= 15 is 0 Å². The minimum absolute atomic E-state index is 0.0485. The molecule has 21 heavy (non-hydrogen) atoms. The normalized spacial score (nSPS) is 11.5. The molecule has 0 radical (unpaired) electrons. The number of benzene rings is 1. The number of aromatic nitrogens is 1. The quantitative estimate of drug-likeness (QED) is 0.618. The molecule has 1 aromatic carbocycles. The Balaban J connectivity index is 2.04. The Labute approximate surface area is 125 Å². The van der Waals surface area contributed by atoms with E-state index in [1.165, 1.54) is 0 Å². The Bertz CT molecular complexity index is 670. The molecule has 2 rings (SSSR count).